The van der Waals surface area contributed by atoms with Gasteiger partial charge in [-0.2, -0.15) is 0 Å². The number of aromatic hydroxyl groups is 1. The van der Waals surface area contributed by atoms with Crippen molar-refractivity contribution in [1.29, 1.82) is 0 Å². The van der Waals surface area contributed by atoms with E-state index in [2.05, 4.69) is 5.16 Å². The lowest BCUT2D eigenvalue weighted by Gasteiger charge is -2.02. The maximum absolute atomic E-state index is 9.66. The van der Waals surface area contributed by atoms with Crippen molar-refractivity contribution in [1.82, 2.24) is 5.16 Å². The molecule has 1 aromatic heterocycles. The molecule has 0 aliphatic carbocycles. The predicted molar refractivity (Wildman–Crippen MR) is 52.8 cm³/mol. The number of aromatic nitrogens is 1. The number of nitrogens with two attached hydrogens (primary N) is 1. The molecule has 0 radical (unpaired) electrons. The molecule has 0 aliphatic heterocycles. The van der Waals surface area contributed by atoms with Gasteiger partial charge in [-0.1, -0.05) is 17.3 Å². The minimum Gasteiger partial charge on any atom is -0.507 e. The number of nitrogens with zero attached hydrogens (tertiary/aromatic N) is 1. The number of anilines is 1. The van der Waals surface area contributed by atoms with Crippen LogP contribution in [0, 0.1) is 6.92 Å². The highest BCUT2D eigenvalue weighted by Gasteiger charge is 2.10. The third kappa shape index (κ3) is 1.31. The van der Waals surface area contributed by atoms with E-state index in [1.54, 1.807) is 12.1 Å². The molecule has 0 aliphatic rings. The van der Waals surface area contributed by atoms with E-state index in [9.17, 15) is 5.11 Å². The SMILES string of the molecule is Cc1ccc(-c2cnoc2N)c(O)c1. The summed E-state index contributed by atoms with van der Waals surface area (Å²) in [5, 5.41) is 13.2. The first-order chi connectivity index (χ1) is 6.68. The van der Waals surface area contributed by atoms with Gasteiger partial charge in [0, 0.05) is 5.56 Å². The molecule has 0 saturated carbocycles. The molecule has 0 unspecified atom stereocenters. The second-order valence-corrected chi connectivity index (χ2v) is 3.12. The summed E-state index contributed by atoms with van der Waals surface area (Å²) in [4.78, 5) is 0. The highest BCUT2D eigenvalue weighted by atomic mass is 16.5. The third-order valence-electron chi connectivity index (χ3n) is 2.04. The van der Waals surface area contributed by atoms with Gasteiger partial charge in [-0.15, -0.1) is 0 Å². The molecule has 1 aromatic carbocycles. The van der Waals surface area contributed by atoms with Gasteiger partial charge in [0.05, 0.1) is 11.8 Å². The van der Waals surface area contributed by atoms with E-state index < -0.39 is 0 Å². The molecule has 14 heavy (non-hydrogen) atoms. The molecule has 0 amide bonds. The zero-order valence-electron chi connectivity index (χ0n) is 7.69. The van der Waals surface area contributed by atoms with Crippen molar-refractivity contribution in [2.75, 3.05) is 5.73 Å². The number of hydrogen-bond acceptors (Lipinski definition) is 4. The van der Waals surface area contributed by atoms with E-state index in [1.807, 2.05) is 13.0 Å². The molecule has 1 heterocycles. The van der Waals surface area contributed by atoms with Crippen molar-refractivity contribution >= 4 is 5.88 Å². The lowest BCUT2D eigenvalue weighted by atomic mass is 10.1. The molecule has 4 heteroatoms. The van der Waals surface area contributed by atoms with E-state index in [4.69, 9.17) is 10.3 Å². The number of phenols is 1. The smallest absolute Gasteiger partial charge is 0.230 e. The standard InChI is InChI=1S/C10H10N2O2/c1-6-2-3-7(9(13)4-6)8-5-12-14-10(8)11/h2-5,13H,11H2,1H3. The fourth-order valence-corrected chi connectivity index (χ4v) is 1.32. The first-order valence-electron chi connectivity index (χ1n) is 4.18. The Labute approximate surface area is 81.0 Å². The average molecular weight is 190 g/mol. The van der Waals surface area contributed by atoms with Crippen LogP contribution in [0.2, 0.25) is 0 Å². The van der Waals surface area contributed by atoms with Crippen molar-refractivity contribution in [2.45, 2.75) is 6.92 Å². The Morgan fingerprint density at radius 2 is 2.14 bits per heavy atom. The van der Waals surface area contributed by atoms with Crippen LogP contribution in [-0.4, -0.2) is 10.3 Å². The summed E-state index contributed by atoms with van der Waals surface area (Å²) in [7, 11) is 0. The Balaban J connectivity index is 2.58. The Morgan fingerprint density at radius 3 is 2.71 bits per heavy atom. The topological polar surface area (TPSA) is 72.3 Å². The van der Waals surface area contributed by atoms with Crippen LogP contribution in [0.3, 0.4) is 0 Å². The van der Waals surface area contributed by atoms with Crippen LogP contribution in [0.25, 0.3) is 11.1 Å². The highest BCUT2D eigenvalue weighted by Crippen LogP contribution is 2.33. The average Bonchev–Trinajstić information content (AvgIpc) is 2.52. The third-order valence-corrected chi connectivity index (χ3v) is 2.04. The van der Waals surface area contributed by atoms with Gasteiger partial charge in [-0.05, 0) is 18.6 Å². The minimum absolute atomic E-state index is 0.180. The van der Waals surface area contributed by atoms with Gasteiger partial charge in [-0.25, -0.2) is 0 Å². The van der Waals surface area contributed by atoms with E-state index in [1.165, 1.54) is 6.20 Å². The summed E-state index contributed by atoms with van der Waals surface area (Å²) < 4.78 is 4.72. The molecule has 3 N–H and O–H groups in total. The fraction of sp³-hybridized carbons (Fsp3) is 0.100. The van der Waals surface area contributed by atoms with Gasteiger partial charge < -0.3 is 15.4 Å². The quantitative estimate of drug-likeness (QED) is 0.720. The van der Waals surface area contributed by atoms with Crippen LogP contribution in [0.15, 0.2) is 28.9 Å². The molecule has 2 rings (SSSR count). The summed E-state index contributed by atoms with van der Waals surface area (Å²) >= 11 is 0. The summed E-state index contributed by atoms with van der Waals surface area (Å²) in [5.41, 5.74) is 7.77. The fourth-order valence-electron chi connectivity index (χ4n) is 1.32. The molecule has 2 aromatic rings. The number of nitrogen functional groups attached to an aromatic ring is 1. The van der Waals surface area contributed by atoms with Gasteiger partial charge in [-0.3, -0.25) is 0 Å². The summed E-state index contributed by atoms with van der Waals surface area (Å²) in [5.74, 6) is 0.393. The van der Waals surface area contributed by atoms with Gasteiger partial charge in [0.1, 0.15) is 5.75 Å². The normalized spacial score (nSPS) is 10.4. The first kappa shape index (κ1) is 8.62. The van der Waals surface area contributed by atoms with Crippen LogP contribution >= 0.6 is 0 Å². The van der Waals surface area contributed by atoms with Gasteiger partial charge in [0.25, 0.3) is 0 Å². The monoisotopic (exact) mass is 190 g/mol. The molecular formula is C10H10N2O2. The molecule has 0 saturated heterocycles. The molecule has 0 spiro atoms. The second-order valence-electron chi connectivity index (χ2n) is 3.12. The van der Waals surface area contributed by atoms with E-state index in [0.717, 1.165) is 5.56 Å². The van der Waals surface area contributed by atoms with Crippen molar-refractivity contribution < 1.29 is 9.63 Å². The molecule has 0 atom stereocenters. The summed E-state index contributed by atoms with van der Waals surface area (Å²) in [6.45, 7) is 1.90. The maximum atomic E-state index is 9.66. The Kier molecular flexibility index (Phi) is 1.89. The zero-order chi connectivity index (χ0) is 10.1. The van der Waals surface area contributed by atoms with Gasteiger partial charge >= 0.3 is 0 Å². The lowest BCUT2D eigenvalue weighted by molar-refractivity contribution is 0.436. The number of phenolic OH excluding ortho intramolecular Hbond substituents is 1. The van der Waals surface area contributed by atoms with E-state index >= 15 is 0 Å². The maximum Gasteiger partial charge on any atom is 0.230 e. The minimum atomic E-state index is 0.180. The first-order valence-corrected chi connectivity index (χ1v) is 4.18. The predicted octanol–water partition coefficient (Wildman–Crippen LogP) is 1.94. The largest absolute Gasteiger partial charge is 0.507 e. The molecule has 0 bridgehead atoms. The molecule has 0 fully saturated rings. The molecular weight excluding hydrogens is 180 g/mol. The van der Waals surface area contributed by atoms with Crippen LogP contribution in [0.5, 0.6) is 5.75 Å². The van der Waals surface area contributed by atoms with Crippen LogP contribution in [0.1, 0.15) is 5.56 Å². The van der Waals surface area contributed by atoms with Gasteiger partial charge in [0.2, 0.25) is 5.88 Å². The Morgan fingerprint density at radius 1 is 1.36 bits per heavy atom. The number of hydrogen-bond donors (Lipinski definition) is 2. The van der Waals surface area contributed by atoms with Crippen molar-refractivity contribution in [3.63, 3.8) is 0 Å². The molecule has 4 nitrogen and oxygen atoms in total. The van der Waals surface area contributed by atoms with Crippen molar-refractivity contribution in [3.8, 4) is 16.9 Å². The highest BCUT2D eigenvalue weighted by molar-refractivity contribution is 5.76. The van der Waals surface area contributed by atoms with Crippen LogP contribution < -0.4 is 5.73 Å². The second kappa shape index (κ2) is 3.06. The van der Waals surface area contributed by atoms with Crippen LogP contribution in [0.4, 0.5) is 5.88 Å². The summed E-state index contributed by atoms with van der Waals surface area (Å²) in [6, 6.07) is 5.34. The van der Waals surface area contributed by atoms with Crippen molar-refractivity contribution in [2.24, 2.45) is 0 Å². The van der Waals surface area contributed by atoms with E-state index in [0.29, 0.717) is 11.1 Å². The number of aryl methyl sites for hydroxylation is 1. The number of rotatable bonds is 1. The lowest BCUT2D eigenvalue weighted by Crippen LogP contribution is -1.85. The number of benzene rings is 1. The summed E-state index contributed by atoms with van der Waals surface area (Å²) in [6.07, 6.45) is 1.49. The van der Waals surface area contributed by atoms with Gasteiger partial charge in [0.15, 0.2) is 0 Å². The van der Waals surface area contributed by atoms with E-state index in [-0.39, 0.29) is 11.6 Å². The van der Waals surface area contributed by atoms with Crippen molar-refractivity contribution in [3.05, 3.63) is 30.0 Å². The molecule has 72 valence electrons. The zero-order valence-corrected chi connectivity index (χ0v) is 7.69. The van der Waals surface area contributed by atoms with Crippen LogP contribution in [-0.2, 0) is 0 Å². The Bertz CT molecular complexity index is 463. The Hall–Kier alpha value is -1.97.